The highest BCUT2D eigenvalue weighted by atomic mass is 16.5. The Morgan fingerprint density at radius 3 is 2.35 bits per heavy atom. The van der Waals surface area contributed by atoms with Crippen LogP contribution in [0.1, 0.15) is 10.5 Å². The second-order valence-electron chi connectivity index (χ2n) is 3.85. The number of benzene rings is 1. The van der Waals surface area contributed by atoms with Gasteiger partial charge < -0.3 is 19.3 Å². The minimum Gasteiger partial charge on any atom is -0.493 e. The molecule has 0 spiro atoms. The molecule has 20 heavy (non-hydrogen) atoms. The van der Waals surface area contributed by atoms with E-state index in [0.29, 0.717) is 28.5 Å². The van der Waals surface area contributed by atoms with Crippen LogP contribution in [0.5, 0.6) is 17.2 Å². The lowest BCUT2D eigenvalue weighted by molar-refractivity contribution is 0.0690. The Hall–Kier alpha value is -2.70. The van der Waals surface area contributed by atoms with E-state index in [4.69, 9.17) is 19.3 Å². The maximum Gasteiger partial charge on any atom is 0.353 e. The van der Waals surface area contributed by atoms with Crippen molar-refractivity contribution in [2.75, 3.05) is 21.3 Å². The van der Waals surface area contributed by atoms with Crippen molar-refractivity contribution in [1.82, 2.24) is 10.2 Å². The molecule has 0 saturated heterocycles. The summed E-state index contributed by atoms with van der Waals surface area (Å²) in [5.74, 6) is 0.285. The van der Waals surface area contributed by atoms with Crippen LogP contribution in [0.15, 0.2) is 18.2 Å². The predicted molar refractivity (Wildman–Crippen MR) is 70.6 cm³/mol. The van der Waals surface area contributed by atoms with Crippen LogP contribution in [0.3, 0.4) is 0 Å². The zero-order valence-electron chi connectivity index (χ0n) is 11.3. The van der Waals surface area contributed by atoms with E-state index in [1.165, 1.54) is 27.4 Å². The summed E-state index contributed by atoms with van der Waals surface area (Å²) in [4.78, 5) is 10.9. The number of carbonyl (C=O) groups is 1. The first-order valence-electron chi connectivity index (χ1n) is 5.70. The molecule has 1 aromatic heterocycles. The Bertz CT molecular complexity index is 636. The van der Waals surface area contributed by atoms with Gasteiger partial charge >= 0.3 is 5.97 Å². The average Bonchev–Trinajstić information content (AvgIpc) is 2.95. The smallest absolute Gasteiger partial charge is 0.353 e. The molecule has 1 heterocycles. The minimum absolute atomic E-state index is 0.00293. The fourth-order valence-corrected chi connectivity index (χ4v) is 1.87. The fourth-order valence-electron chi connectivity index (χ4n) is 1.87. The third kappa shape index (κ3) is 2.25. The van der Waals surface area contributed by atoms with Gasteiger partial charge in [0.1, 0.15) is 5.69 Å². The van der Waals surface area contributed by atoms with Crippen molar-refractivity contribution in [3.05, 3.63) is 23.9 Å². The maximum absolute atomic E-state index is 10.9. The van der Waals surface area contributed by atoms with Gasteiger partial charge in [0.2, 0.25) is 5.75 Å². The number of H-pyrrole nitrogens is 1. The second-order valence-corrected chi connectivity index (χ2v) is 3.85. The second kappa shape index (κ2) is 5.52. The van der Waals surface area contributed by atoms with Gasteiger partial charge in [0.05, 0.1) is 27.0 Å². The van der Waals surface area contributed by atoms with E-state index < -0.39 is 5.97 Å². The van der Waals surface area contributed by atoms with E-state index in [9.17, 15) is 4.79 Å². The molecule has 2 rings (SSSR count). The number of aromatic nitrogens is 2. The highest BCUT2D eigenvalue weighted by Crippen LogP contribution is 2.43. The number of carboxylic acids is 1. The molecule has 0 amide bonds. The van der Waals surface area contributed by atoms with Crippen molar-refractivity contribution in [2.24, 2.45) is 0 Å². The number of ether oxygens (including phenoxy) is 3. The number of rotatable bonds is 5. The van der Waals surface area contributed by atoms with Crippen molar-refractivity contribution in [1.29, 1.82) is 0 Å². The first kappa shape index (κ1) is 13.7. The van der Waals surface area contributed by atoms with E-state index >= 15 is 0 Å². The lowest BCUT2D eigenvalue weighted by Crippen LogP contribution is -1.97. The van der Waals surface area contributed by atoms with Crippen LogP contribution in [0.25, 0.3) is 11.3 Å². The monoisotopic (exact) mass is 278 g/mol. The number of nitrogens with zero attached hydrogens (tertiary/aromatic N) is 1. The molecule has 0 aliphatic rings. The summed E-state index contributed by atoms with van der Waals surface area (Å²) >= 11 is 0. The molecule has 2 aromatic rings. The summed E-state index contributed by atoms with van der Waals surface area (Å²) in [5.41, 5.74) is 1.05. The minimum atomic E-state index is -1.08. The highest BCUT2D eigenvalue weighted by Gasteiger charge is 2.19. The van der Waals surface area contributed by atoms with Crippen molar-refractivity contribution >= 4 is 5.97 Å². The first-order valence-corrected chi connectivity index (χ1v) is 5.70. The van der Waals surface area contributed by atoms with Gasteiger partial charge in [-0.05, 0) is 18.2 Å². The van der Waals surface area contributed by atoms with Gasteiger partial charge in [-0.25, -0.2) is 4.79 Å². The summed E-state index contributed by atoms with van der Waals surface area (Å²) < 4.78 is 15.8. The van der Waals surface area contributed by atoms with Crippen LogP contribution in [0.2, 0.25) is 0 Å². The summed E-state index contributed by atoms with van der Waals surface area (Å²) in [6.45, 7) is 0. The Balaban J connectivity index is 2.58. The van der Waals surface area contributed by atoms with Gasteiger partial charge in [0.15, 0.2) is 11.5 Å². The quantitative estimate of drug-likeness (QED) is 0.866. The van der Waals surface area contributed by atoms with Crippen LogP contribution < -0.4 is 14.2 Å². The van der Waals surface area contributed by atoms with Crippen LogP contribution in [0.4, 0.5) is 0 Å². The van der Waals surface area contributed by atoms with E-state index in [1.54, 1.807) is 12.1 Å². The van der Waals surface area contributed by atoms with Crippen LogP contribution in [0, 0.1) is 0 Å². The Morgan fingerprint density at radius 1 is 1.15 bits per heavy atom. The van der Waals surface area contributed by atoms with Crippen LogP contribution in [-0.2, 0) is 0 Å². The molecule has 0 aliphatic heterocycles. The summed E-state index contributed by atoms with van der Waals surface area (Å²) in [7, 11) is 4.51. The summed E-state index contributed by atoms with van der Waals surface area (Å²) in [6.07, 6.45) is 0. The first-order chi connectivity index (χ1) is 9.62. The van der Waals surface area contributed by atoms with Crippen molar-refractivity contribution in [3.8, 4) is 28.5 Å². The molecule has 0 atom stereocenters. The van der Waals surface area contributed by atoms with Crippen molar-refractivity contribution < 1.29 is 24.1 Å². The lowest BCUT2D eigenvalue weighted by Gasteiger charge is -2.14. The molecule has 1 aromatic carbocycles. The predicted octanol–water partition coefficient (Wildman–Crippen LogP) is 1.80. The third-order valence-electron chi connectivity index (χ3n) is 2.79. The SMILES string of the molecule is COc1ccc(-c2cc(C(=O)O)[nH]n2)c(OC)c1OC. The molecule has 0 aliphatic carbocycles. The lowest BCUT2D eigenvalue weighted by atomic mass is 10.1. The number of hydrogen-bond acceptors (Lipinski definition) is 5. The van der Waals surface area contributed by atoms with Gasteiger partial charge in [-0.1, -0.05) is 0 Å². The largest absolute Gasteiger partial charge is 0.493 e. The molecule has 0 radical (unpaired) electrons. The van der Waals surface area contributed by atoms with E-state index in [1.807, 2.05) is 0 Å². The Morgan fingerprint density at radius 2 is 1.85 bits per heavy atom. The molecule has 7 nitrogen and oxygen atoms in total. The molecule has 106 valence electrons. The normalized spacial score (nSPS) is 10.2. The molecule has 0 saturated carbocycles. The third-order valence-corrected chi connectivity index (χ3v) is 2.79. The molecule has 2 N–H and O–H groups in total. The number of aromatic amines is 1. The molecular weight excluding hydrogens is 264 g/mol. The fraction of sp³-hybridized carbons (Fsp3) is 0.231. The van der Waals surface area contributed by atoms with E-state index in [-0.39, 0.29) is 5.69 Å². The van der Waals surface area contributed by atoms with Crippen LogP contribution >= 0.6 is 0 Å². The molecule has 0 unspecified atom stereocenters. The highest BCUT2D eigenvalue weighted by molar-refractivity contribution is 5.87. The van der Waals surface area contributed by atoms with E-state index in [2.05, 4.69) is 10.2 Å². The zero-order valence-corrected chi connectivity index (χ0v) is 11.3. The molecular formula is C13H14N2O5. The number of methoxy groups -OCH3 is 3. The zero-order chi connectivity index (χ0) is 14.7. The van der Waals surface area contributed by atoms with E-state index in [0.717, 1.165) is 0 Å². The van der Waals surface area contributed by atoms with Crippen molar-refractivity contribution in [3.63, 3.8) is 0 Å². The number of nitrogens with one attached hydrogen (secondary N) is 1. The maximum atomic E-state index is 10.9. The molecule has 7 heteroatoms. The van der Waals surface area contributed by atoms with Crippen LogP contribution in [-0.4, -0.2) is 42.6 Å². The Labute approximate surface area is 115 Å². The average molecular weight is 278 g/mol. The van der Waals surface area contributed by atoms with Gasteiger partial charge in [-0.3, -0.25) is 5.10 Å². The Kier molecular flexibility index (Phi) is 3.79. The topological polar surface area (TPSA) is 93.7 Å². The van der Waals surface area contributed by atoms with Gasteiger partial charge in [-0.15, -0.1) is 0 Å². The number of aromatic carboxylic acids is 1. The van der Waals surface area contributed by atoms with Gasteiger partial charge in [-0.2, -0.15) is 5.10 Å². The summed E-state index contributed by atoms with van der Waals surface area (Å²) in [6, 6.07) is 4.85. The molecule has 0 fully saturated rings. The van der Waals surface area contributed by atoms with Gasteiger partial charge in [0.25, 0.3) is 0 Å². The number of hydrogen-bond donors (Lipinski definition) is 2. The number of carboxylic acid groups (broad SMARTS) is 1. The standard InChI is InChI=1S/C13H14N2O5/c1-18-10-5-4-7(11(19-2)12(10)20-3)8-6-9(13(16)17)15-14-8/h4-6H,1-3H3,(H,14,15)(H,16,17). The van der Waals surface area contributed by atoms with Gasteiger partial charge in [0, 0.05) is 5.56 Å². The molecule has 0 bridgehead atoms. The van der Waals surface area contributed by atoms with Crippen molar-refractivity contribution in [2.45, 2.75) is 0 Å². The summed E-state index contributed by atoms with van der Waals surface area (Å²) in [5, 5.41) is 15.3.